The third-order valence-electron chi connectivity index (χ3n) is 6.69. The quantitative estimate of drug-likeness (QED) is 0.0802. The van der Waals surface area contributed by atoms with Crippen LogP contribution in [0.2, 0.25) is 0 Å². The highest BCUT2D eigenvalue weighted by Crippen LogP contribution is 2.18. The molecule has 0 bridgehead atoms. The van der Waals surface area contributed by atoms with Crippen LogP contribution in [0.4, 0.5) is 0 Å². The van der Waals surface area contributed by atoms with Crippen molar-refractivity contribution in [1.29, 1.82) is 0 Å². The molecule has 43 heavy (non-hydrogen) atoms. The number of aryl methyl sites for hydroxylation is 2. The van der Waals surface area contributed by atoms with Crippen LogP contribution < -0.4 is 15.8 Å². The first-order valence-corrected chi connectivity index (χ1v) is 15.0. The van der Waals surface area contributed by atoms with Crippen LogP contribution in [0, 0.1) is 6.92 Å². The van der Waals surface area contributed by atoms with Gasteiger partial charge in [-0.25, -0.2) is 8.42 Å². The lowest BCUT2D eigenvalue weighted by molar-refractivity contribution is -0.144. The second-order valence-electron chi connectivity index (χ2n) is 9.85. The van der Waals surface area contributed by atoms with Gasteiger partial charge in [0.2, 0.25) is 10.0 Å². The number of nitrogens with one attached hydrogen (secondary N) is 2. The first kappa shape index (κ1) is 31.2. The van der Waals surface area contributed by atoms with Crippen molar-refractivity contribution in [2.24, 2.45) is 10.9 Å². The summed E-state index contributed by atoms with van der Waals surface area (Å²) in [6, 6.07) is 13.0. The molecule has 0 unspecified atom stereocenters. The fraction of sp³-hybridized carbons (Fsp3) is 0.321. The van der Waals surface area contributed by atoms with Gasteiger partial charge in [-0.2, -0.15) is 9.82 Å². The number of oxime groups is 1. The highest BCUT2D eigenvalue weighted by Gasteiger charge is 2.30. The molecule has 1 aliphatic heterocycles. The van der Waals surface area contributed by atoms with Gasteiger partial charge in [0.25, 0.3) is 11.8 Å². The van der Waals surface area contributed by atoms with Crippen molar-refractivity contribution in [3.63, 3.8) is 0 Å². The van der Waals surface area contributed by atoms with Crippen LogP contribution in [0.3, 0.4) is 0 Å². The summed E-state index contributed by atoms with van der Waals surface area (Å²) in [6.07, 6.45) is 0.577. The van der Waals surface area contributed by atoms with Gasteiger partial charge in [-0.15, -0.1) is 0 Å². The van der Waals surface area contributed by atoms with Gasteiger partial charge in [0, 0.05) is 37.8 Å². The van der Waals surface area contributed by atoms with E-state index in [1.165, 1.54) is 22.9 Å². The van der Waals surface area contributed by atoms with Crippen molar-refractivity contribution in [1.82, 2.24) is 24.7 Å². The topological polar surface area (TPSA) is 198 Å². The van der Waals surface area contributed by atoms with Crippen molar-refractivity contribution in [3.05, 3.63) is 82.7 Å². The Morgan fingerprint density at radius 2 is 1.91 bits per heavy atom. The minimum atomic E-state index is -4.10. The van der Waals surface area contributed by atoms with Crippen molar-refractivity contribution in [2.75, 3.05) is 19.7 Å². The van der Waals surface area contributed by atoms with Gasteiger partial charge in [-0.1, -0.05) is 41.1 Å². The Bertz CT molecular complexity index is 1630. The Morgan fingerprint density at radius 3 is 2.60 bits per heavy atom. The summed E-state index contributed by atoms with van der Waals surface area (Å²) in [5.41, 5.74) is 7.96. The number of hydrogen-bond acceptors (Lipinski definition) is 9. The lowest BCUT2D eigenvalue weighted by Crippen LogP contribution is -2.49. The van der Waals surface area contributed by atoms with Crippen LogP contribution in [0.5, 0.6) is 0 Å². The summed E-state index contributed by atoms with van der Waals surface area (Å²) in [5, 5.41) is 18.8. The number of carbonyl (C=O) groups is 3. The second-order valence-corrected chi connectivity index (χ2v) is 11.6. The molecule has 14 nitrogen and oxygen atoms in total. The average molecular weight is 612 g/mol. The summed E-state index contributed by atoms with van der Waals surface area (Å²) in [7, 11) is -4.10. The normalized spacial score (nSPS) is 14.5. The molecule has 0 spiro atoms. The molecule has 0 saturated carbocycles. The predicted octanol–water partition coefficient (Wildman–Crippen LogP) is 0.972. The molecule has 2 heterocycles. The molecule has 1 aromatic heterocycles. The highest BCUT2D eigenvalue weighted by molar-refractivity contribution is 7.89. The van der Waals surface area contributed by atoms with E-state index in [1.807, 2.05) is 13.0 Å². The van der Waals surface area contributed by atoms with Gasteiger partial charge in [0.1, 0.15) is 11.7 Å². The van der Waals surface area contributed by atoms with E-state index in [-0.39, 0.29) is 41.2 Å². The molecule has 0 radical (unpaired) electrons. The van der Waals surface area contributed by atoms with E-state index in [0.717, 1.165) is 11.1 Å². The van der Waals surface area contributed by atoms with Gasteiger partial charge in [-0.3, -0.25) is 19.1 Å². The number of hydrogen-bond donors (Lipinski definition) is 4. The molecule has 0 aliphatic carbocycles. The van der Waals surface area contributed by atoms with Gasteiger partial charge >= 0.3 is 5.97 Å². The van der Waals surface area contributed by atoms with E-state index >= 15 is 0 Å². The largest absolute Gasteiger partial charge is 0.465 e. The van der Waals surface area contributed by atoms with E-state index in [9.17, 15) is 22.8 Å². The SMILES string of the molecule is CCOC(=O)[C@@H](CNC(=O)c1cc2n(n1)CCCN(Cc1cccc(C(N)=NO)c1)C2=O)NS(=O)(=O)c1ccc(C)cc1. The van der Waals surface area contributed by atoms with E-state index in [2.05, 4.69) is 20.3 Å². The molecule has 1 aliphatic rings. The third kappa shape index (κ3) is 7.55. The summed E-state index contributed by atoms with van der Waals surface area (Å²) in [5.74, 6) is -1.95. The van der Waals surface area contributed by atoms with Crippen LogP contribution in [0.15, 0.2) is 64.6 Å². The summed E-state index contributed by atoms with van der Waals surface area (Å²) >= 11 is 0. The zero-order valence-electron chi connectivity index (χ0n) is 23.7. The van der Waals surface area contributed by atoms with Crippen molar-refractivity contribution >= 4 is 33.6 Å². The molecule has 228 valence electrons. The molecule has 2 aromatic carbocycles. The number of amidine groups is 1. The fourth-order valence-corrected chi connectivity index (χ4v) is 5.66. The van der Waals surface area contributed by atoms with Gasteiger partial charge < -0.3 is 25.9 Å². The van der Waals surface area contributed by atoms with E-state index in [4.69, 9.17) is 15.7 Å². The Balaban J connectivity index is 1.46. The number of aromatic nitrogens is 2. The average Bonchev–Trinajstić information content (AvgIpc) is 3.36. The van der Waals surface area contributed by atoms with Crippen LogP contribution in [0.25, 0.3) is 0 Å². The number of nitrogens with zero attached hydrogens (tertiary/aromatic N) is 4. The standard InChI is InChI=1S/C28H33N7O7S/c1-3-42-28(38)23(33-43(40,41)21-10-8-18(2)9-11-21)16-30-26(36)22-15-24-27(37)34(12-5-13-35(24)31-22)17-19-6-4-7-20(14-19)25(29)32-39/h4,6-11,14-15,23,33,39H,3,5,12-13,16-17H2,1-2H3,(H2,29,32)(H,30,36)/t23-/m1/s1. The van der Waals surface area contributed by atoms with Crippen molar-refractivity contribution < 1.29 is 32.7 Å². The zero-order chi connectivity index (χ0) is 31.1. The number of carbonyl (C=O) groups excluding carboxylic acids is 3. The molecule has 1 atom stereocenters. The number of ether oxygens (including phenoxy) is 1. The minimum Gasteiger partial charge on any atom is -0.465 e. The minimum absolute atomic E-state index is 0.00855. The number of fused-ring (bicyclic) bond motifs is 1. The number of benzene rings is 2. The number of amides is 2. The molecule has 5 N–H and O–H groups in total. The maximum atomic E-state index is 13.4. The summed E-state index contributed by atoms with van der Waals surface area (Å²) in [6.45, 7) is 4.07. The van der Waals surface area contributed by atoms with Crippen LogP contribution in [-0.4, -0.2) is 77.7 Å². The first-order chi connectivity index (χ1) is 20.5. The molecule has 3 aromatic rings. The van der Waals surface area contributed by atoms with Crippen LogP contribution >= 0.6 is 0 Å². The van der Waals surface area contributed by atoms with Crippen LogP contribution in [-0.2, 0) is 32.6 Å². The van der Waals surface area contributed by atoms with Gasteiger partial charge in [-0.05, 0) is 44.0 Å². The van der Waals surface area contributed by atoms with Crippen LogP contribution in [0.1, 0.15) is 51.0 Å². The monoisotopic (exact) mass is 611 g/mol. The predicted molar refractivity (Wildman–Crippen MR) is 155 cm³/mol. The smallest absolute Gasteiger partial charge is 0.326 e. The van der Waals surface area contributed by atoms with Gasteiger partial charge in [0.05, 0.1) is 11.5 Å². The summed E-state index contributed by atoms with van der Waals surface area (Å²) in [4.78, 5) is 40.6. The molecular formula is C28H33N7O7S. The maximum absolute atomic E-state index is 13.4. The van der Waals surface area contributed by atoms with Crippen molar-refractivity contribution in [2.45, 2.75) is 44.3 Å². The number of rotatable bonds is 11. The highest BCUT2D eigenvalue weighted by atomic mass is 32.2. The lowest BCUT2D eigenvalue weighted by Gasteiger charge is -2.20. The Morgan fingerprint density at radius 1 is 1.16 bits per heavy atom. The number of esters is 1. The lowest BCUT2D eigenvalue weighted by atomic mass is 10.1. The molecule has 4 rings (SSSR count). The Kier molecular flexibility index (Phi) is 9.77. The maximum Gasteiger partial charge on any atom is 0.326 e. The molecule has 2 amide bonds. The van der Waals surface area contributed by atoms with E-state index in [1.54, 1.807) is 42.2 Å². The molecular weight excluding hydrogens is 578 g/mol. The van der Waals surface area contributed by atoms with E-state index < -0.39 is 34.5 Å². The Hall–Kier alpha value is -4.76. The van der Waals surface area contributed by atoms with E-state index in [0.29, 0.717) is 25.1 Å². The molecule has 0 saturated heterocycles. The molecule has 15 heteroatoms. The first-order valence-electron chi connectivity index (χ1n) is 13.5. The fourth-order valence-electron chi connectivity index (χ4n) is 4.48. The zero-order valence-corrected chi connectivity index (χ0v) is 24.5. The van der Waals surface area contributed by atoms with Crippen molar-refractivity contribution in [3.8, 4) is 0 Å². The third-order valence-corrected chi connectivity index (χ3v) is 8.17. The summed E-state index contributed by atoms with van der Waals surface area (Å²) < 4.78 is 34.5. The number of nitrogens with two attached hydrogens (primary N) is 1. The van der Waals surface area contributed by atoms with Gasteiger partial charge in [0.15, 0.2) is 11.5 Å². The second kappa shape index (κ2) is 13.5. The number of sulfonamides is 1. The Labute approximate surface area is 248 Å². The molecule has 0 fully saturated rings.